The highest BCUT2D eigenvalue weighted by atomic mass is 35.5. The van der Waals surface area contributed by atoms with E-state index in [1.807, 2.05) is 51.1 Å². The van der Waals surface area contributed by atoms with Gasteiger partial charge in [-0.15, -0.1) is 0 Å². The molecule has 0 bridgehead atoms. The molecular weight excluding hydrogens is 629 g/mol. The van der Waals surface area contributed by atoms with Crippen molar-refractivity contribution in [2.45, 2.75) is 50.2 Å². The third kappa shape index (κ3) is 8.86. The summed E-state index contributed by atoms with van der Waals surface area (Å²) < 4.78 is 48.5. The fourth-order valence-electron chi connectivity index (χ4n) is 4.86. The Morgan fingerprint density at radius 1 is 0.891 bits per heavy atom. The second-order valence-corrected chi connectivity index (χ2v) is 14.0. The van der Waals surface area contributed by atoms with Crippen LogP contribution in [-0.4, -0.2) is 50.4 Å². The molecule has 0 heterocycles. The summed E-state index contributed by atoms with van der Waals surface area (Å²) in [5.41, 5.74) is 0.837. The highest BCUT2D eigenvalue weighted by Gasteiger charge is 2.35. The lowest BCUT2D eigenvalue weighted by Crippen LogP contribution is -2.56. The number of nitrogens with zero attached hydrogens (tertiary/aromatic N) is 2. The van der Waals surface area contributed by atoms with E-state index in [4.69, 9.17) is 16.3 Å². The number of carbonyl (C=O) groups is 2. The summed E-state index contributed by atoms with van der Waals surface area (Å²) in [6.45, 7) is 4.78. The van der Waals surface area contributed by atoms with Crippen molar-refractivity contribution in [2.75, 3.05) is 18.0 Å². The zero-order valence-electron chi connectivity index (χ0n) is 26.1. The van der Waals surface area contributed by atoms with Crippen molar-refractivity contribution in [3.05, 3.63) is 125 Å². The second-order valence-electron chi connectivity index (χ2n) is 11.7. The summed E-state index contributed by atoms with van der Waals surface area (Å²) in [7, 11) is -2.82. The lowest BCUT2D eigenvalue weighted by Gasteiger charge is -2.35. The first kappa shape index (κ1) is 34.5. The number of sulfonamides is 1. The van der Waals surface area contributed by atoms with Gasteiger partial charge in [0.15, 0.2) is 0 Å². The number of halogens is 2. The number of carbonyl (C=O) groups excluding carboxylic acids is 2. The summed E-state index contributed by atoms with van der Waals surface area (Å²) >= 11 is 6.08. The molecule has 1 unspecified atom stereocenters. The third-order valence-corrected chi connectivity index (χ3v) is 9.14. The molecule has 4 aromatic carbocycles. The zero-order valence-corrected chi connectivity index (χ0v) is 27.7. The summed E-state index contributed by atoms with van der Waals surface area (Å²) in [5, 5.41) is 2.68. The number of hydrogen-bond donors (Lipinski definition) is 1. The Labute approximate surface area is 274 Å². The molecule has 11 heteroatoms. The van der Waals surface area contributed by atoms with Crippen LogP contribution in [0.1, 0.15) is 31.9 Å². The molecule has 0 spiro atoms. The van der Waals surface area contributed by atoms with Crippen LogP contribution in [0.15, 0.2) is 108 Å². The normalized spacial score (nSPS) is 12.2. The van der Waals surface area contributed by atoms with Crippen LogP contribution in [0.2, 0.25) is 5.02 Å². The average molecular weight is 666 g/mol. The molecule has 46 heavy (non-hydrogen) atoms. The van der Waals surface area contributed by atoms with Crippen LogP contribution in [0.3, 0.4) is 0 Å². The molecule has 1 atom stereocenters. The predicted molar refractivity (Wildman–Crippen MR) is 178 cm³/mol. The van der Waals surface area contributed by atoms with Gasteiger partial charge in [0.1, 0.15) is 24.2 Å². The van der Waals surface area contributed by atoms with Crippen LogP contribution in [0.4, 0.5) is 10.1 Å². The highest BCUT2D eigenvalue weighted by molar-refractivity contribution is 7.92. The van der Waals surface area contributed by atoms with E-state index in [9.17, 15) is 22.4 Å². The van der Waals surface area contributed by atoms with Crippen LogP contribution in [0.5, 0.6) is 5.75 Å². The number of benzene rings is 4. The number of anilines is 1. The number of ether oxygens (including phenoxy) is 1. The van der Waals surface area contributed by atoms with Gasteiger partial charge < -0.3 is 15.0 Å². The molecule has 0 radical (unpaired) electrons. The van der Waals surface area contributed by atoms with Gasteiger partial charge in [-0.3, -0.25) is 13.9 Å². The van der Waals surface area contributed by atoms with Crippen molar-refractivity contribution in [1.82, 2.24) is 10.2 Å². The largest absolute Gasteiger partial charge is 0.497 e. The van der Waals surface area contributed by atoms with Crippen molar-refractivity contribution in [3.8, 4) is 5.75 Å². The molecule has 0 aliphatic carbocycles. The van der Waals surface area contributed by atoms with E-state index in [1.54, 1.807) is 42.5 Å². The first-order chi connectivity index (χ1) is 21.8. The van der Waals surface area contributed by atoms with E-state index in [1.165, 1.54) is 30.2 Å². The Kier molecular flexibility index (Phi) is 11.1. The topological polar surface area (TPSA) is 96.0 Å². The Balaban J connectivity index is 1.84. The molecule has 0 saturated heterocycles. The maximum atomic E-state index is 14.5. The first-order valence-corrected chi connectivity index (χ1v) is 16.4. The molecule has 2 amide bonds. The number of amides is 2. The second kappa shape index (κ2) is 14.8. The number of nitrogens with one attached hydrogen (secondary N) is 1. The molecule has 4 aromatic rings. The van der Waals surface area contributed by atoms with E-state index in [-0.39, 0.29) is 28.6 Å². The molecule has 0 aromatic heterocycles. The van der Waals surface area contributed by atoms with Crippen molar-refractivity contribution in [1.29, 1.82) is 0 Å². The van der Waals surface area contributed by atoms with Crippen LogP contribution >= 0.6 is 11.6 Å². The Morgan fingerprint density at radius 2 is 1.52 bits per heavy atom. The first-order valence-electron chi connectivity index (χ1n) is 14.6. The minimum atomic E-state index is -4.35. The van der Waals surface area contributed by atoms with Crippen LogP contribution in [0.25, 0.3) is 0 Å². The number of methoxy groups -OCH3 is 1. The maximum Gasteiger partial charge on any atom is 0.264 e. The van der Waals surface area contributed by atoms with Gasteiger partial charge in [0, 0.05) is 18.5 Å². The number of hydrogen-bond acceptors (Lipinski definition) is 5. The molecule has 1 N–H and O–H groups in total. The van der Waals surface area contributed by atoms with E-state index < -0.39 is 45.8 Å². The summed E-state index contributed by atoms with van der Waals surface area (Å²) in [4.78, 5) is 29.8. The van der Waals surface area contributed by atoms with E-state index in [0.29, 0.717) is 11.3 Å². The molecule has 0 fully saturated rings. The predicted octanol–water partition coefficient (Wildman–Crippen LogP) is 6.24. The van der Waals surface area contributed by atoms with Crippen molar-refractivity contribution < 1.29 is 27.1 Å². The fourth-order valence-corrected chi connectivity index (χ4v) is 6.46. The third-order valence-electron chi connectivity index (χ3n) is 7.06. The molecule has 8 nitrogen and oxygen atoms in total. The van der Waals surface area contributed by atoms with Crippen molar-refractivity contribution >= 4 is 39.1 Å². The van der Waals surface area contributed by atoms with Crippen molar-refractivity contribution in [2.24, 2.45) is 0 Å². The summed E-state index contributed by atoms with van der Waals surface area (Å²) in [6.07, 6.45) is 0.159. The smallest absolute Gasteiger partial charge is 0.264 e. The quantitative estimate of drug-likeness (QED) is 0.193. The van der Waals surface area contributed by atoms with Crippen LogP contribution in [0, 0.1) is 5.82 Å². The minimum Gasteiger partial charge on any atom is -0.497 e. The van der Waals surface area contributed by atoms with Crippen LogP contribution in [-0.2, 0) is 32.6 Å². The summed E-state index contributed by atoms with van der Waals surface area (Å²) in [5.74, 6) is -1.25. The lowest BCUT2D eigenvalue weighted by molar-refractivity contribution is -0.140. The highest BCUT2D eigenvalue weighted by Crippen LogP contribution is 2.29. The standard InChI is InChI=1S/C35H37ClFN3O5S/c1-35(2,3)38-34(42)32(21-25-12-7-5-8-13-25)39(23-26-14-11-15-28(20-26)45-4)33(41)24-40(27-18-19-31(37)30(36)22-27)46(43,44)29-16-9-6-10-17-29/h5-20,22,32H,21,23-24H2,1-4H3,(H,38,42). The monoisotopic (exact) mass is 665 g/mol. The van der Waals surface area contributed by atoms with Gasteiger partial charge in [-0.05, 0) is 74.4 Å². The Hall–Kier alpha value is -4.41. The van der Waals surface area contributed by atoms with E-state index in [0.717, 1.165) is 22.0 Å². The lowest BCUT2D eigenvalue weighted by atomic mass is 10.0. The average Bonchev–Trinajstić information content (AvgIpc) is 3.03. The summed E-state index contributed by atoms with van der Waals surface area (Å²) in [6, 6.07) is 26.3. The van der Waals surface area contributed by atoms with Gasteiger partial charge >= 0.3 is 0 Å². The fraction of sp³-hybridized carbons (Fsp3) is 0.257. The molecule has 242 valence electrons. The maximum absolute atomic E-state index is 14.5. The molecule has 0 saturated carbocycles. The SMILES string of the molecule is COc1cccc(CN(C(=O)CN(c2ccc(F)c(Cl)c2)S(=O)(=O)c2ccccc2)C(Cc2ccccc2)C(=O)NC(C)(C)C)c1. The van der Waals surface area contributed by atoms with Gasteiger partial charge in [-0.25, -0.2) is 12.8 Å². The van der Waals surface area contributed by atoms with Gasteiger partial charge in [-0.2, -0.15) is 0 Å². The molecule has 0 aliphatic heterocycles. The van der Waals surface area contributed by atoms with Crippen molar-refractivity contribution in [3.63, 3.8) is 0 Å². The molecule has 0 aliphatic rings. The van der Waals surface area contributed by atoms with Gasteiger partial charge in [-0.1, -0.05) is 72.3 Å². The van der Waals surface area contributed by atoms with Crippen LogP contribution < -0.4 is 14.4 Å². The Bertz CT molecular complexity index is 1770. The van der Waals surface area contributed by atoms with Gasteiger partial charge in [0.05, 0.1) is 22.7 Å². The van der Waals surface area contributed by atoms with E-state index in [2.05, 4.69) is 5.32 Å². The molecule has 4 rings (SSSR count). The Morgan fingerprint density at radius 3 is 2.13 bits per heavy atom. The zero-order chi connectivity index (χ0) is 33.5. The van der Waals surface area contributed by atoms with Gasteiger partial charge in [0.2, 0.25) is 11.8 Å². The number of rotatable bonds is 12. The molecular formula is C35H37ClFN3O5S. The minimum absolute atomic E-state index is 0.0105. The van der Waals surface area contributed by atoms with E-state index >= 15 is 0 Å². The van der Waals surface area contributed by atoms with Gasteiger partial charge in [0.25, 0.3) is 10.0 Å².